The lowest BCUT2D eigenvalue weighted by Gasteiger charge is -2.34. The van der Waals surface area contributed by atoms with Crippen LogP contribution in [-0.4, -0.2) is 32.3 Å². The quantitative estimate of drug-likeness (QED) is 0.632. The molecule has 2 aromatic rings. The molecule has 0 saturated carbocycles. The molecule has 0 bridgehead atoms. The highest BCUT2D eigenvalue weighted by molar-refractivity contribution is 6.10. The van der Waals surface area contributed by atoms with E-state index in [4.69, 9.17) is 5.73 Å². The molecule has 6 nitrogen and oxygen atoms in total. The third-order valence-electron chi connectivity index (χ3n) is 5.62. The van der Waals surface area contributed by atoms with Gasteiger partial charge in [-0.15, -0.1) is 0 Å². The van der Waals surface area contributed by atoms with E-state index in [1.165, 1.54) is 12.4 Å². The Morgan fingerprint density at radius 3 is 2.84 bits per heavy atom. The van der Waals surface area contributed by atoms with Crippen LogP contribution in [0.1, 0.15) is 36.0 Å². The number of rotatable bonds is 4. The summed E-state index contributed by atoms with van der Waals surface area (Å²) >= 11 is 0. The van der Waals surface area contributed by atoms with Gasteiger partial charge in [0.05, 0.1) is 17.1 Å². The van der Waals surface area contributed by atoms with Gasteiger partial charge in [-0.3, -0.25) is 9.79 Å². The van der Waals surface area contributed by atoms with E-state index in [9.17, 15) is 13.6 Å². The van der Waals surface area contributed by atoms with Gasteiger partial charge in [0.25, 0.3) is 6.43 Å². The van der Waals surface area contributed by atoms with Crippen molar-refractivity contribution in [2.24, 2.45) is 10.7 Å². The van der Waals surface area contributed by atoms with Crippen LogP contribution in [-0.2, 0) is 11.2 Å². The Hall–Kier alpha value is -3.42. The van der Waals surface area contributed by atoms with Crippen molar-refractivity contribution >= 4 is 40.4 Å². The molecule has 0 saturated heterocycles. The first-order chi connectivity index (χ1) is 15.0. The molecular weight excluding hydrogens is 400 g/mol. The SMILES string of the molecule is CN=CC(=CN)c1cc2c(cc1C(F)F)N(c1cccc3c1NCCC(=O)N3)CCC2. The van der Waals surface area contributed by atoms with Gasteiger partial charge in [0, 0.05) is 55.8 Å². The zero-order valence-corrected chi connectivity index (χ0v) is 17.3. The average molecular weight is 425 g/mol. The number of hydrogen-bond donors (Lipinski definition) is 3. The molecular formula is C23H25F2N5O. The van der Waals surface area contributed by atoms with E-state index in [0.717, 1.165) is 35.5 Å². The fourth-order valence-electron chi connectivity index (χ4n) is 4.24. The van der Waals surface area contributed by atoms with E-state index in [-0.39, 0.29) is 11.5 Å². The number of para-hydroxylation sites is 1. The molecule has 0 spiro atoms. The van der Waals surface area contributed by atoms with Crippen molar-refractivity contribution in [3.05, 3.63) is 53.2 Å². The van der Waals surface area contributed by atoms with Crippen LogP contribution in [0.15, 0.2) is 41.5 Å². The van der Waals surface area contributed by atoms with Gasteiger partial charge in [0.2, 0.25) is 5.91 Å². The first kappa shape index (κ1) is 20.8. The lowest BCUT2D eigenvalue weighted by atomic mass is 9.92. The minimum Gasteiger partial charge on any atom is -0.404 e. The molecule has 0 atom stereocenters. The molecule has 0 aliphatic carbocycles. The lowest BCUT2D eigenvalue weighted by molar-refractivity contribution is -0.115. The predicted molar refractivity (Wildman–Crippen MR) is 121 cm³/mol. The highest BCUT2D eigenvalue weighted by Gasteiger charge is 2.27. The Balaban J connectivity index is 1.85. The van der Waals surface area contributed by atoms with Gasteiger partial charge in [0.15, 0.2) is 0 Å². The number of carbonyl (C=O) groups is 1. The number of aliphatic imine (C=N–C) groups is 1. The normalized spacial score (nSPS) is 16.6. The van der Waals surface area contributed by atoms with E-state index in [1.807, 2.05) is 18.2 Å². The molecule has 0 radical (unpaired) electrons. The molecule has 162 valence electrons. The largest absolute Gasteiger partial charge is 0.404 e. The Bertz CT molecular complexity index is 1060. The summed E-state index contributed by atoms with van der Waals surface area (Å²) < 4.78 is 28.1. The maximum atomic E-state index is 14.0. The molecule has 8 heteroatoms. The standard InChI is InChI=1S/C23H25F2N5O/c1-27-13-15(12-26)16-10-14-4-3-9-30(20(14)11-17(16)23(24)25)19-6-2-5-18-22(19)28-8-7-21(31)29-18/h2,5-6,10-13,23,28H,3-4,7-9,26H2,1H3,(H,29,31). The number of carbonyl (C=O) groups excluding carboxylic acids is 1. The number of nitrogens with two attached hydrogens (primary N) is 1. The van der Waals surface area contributed by atoms with Crippen LogP contribution in [0.5, 0.6) is 0 Å². The third-order valence-corrected chi connectivity index (χ3v) is 5.62. The number of anilines is 4. The minimum atomic E-state index is -2.66. The fourth-order valence-corrected chi connectivity index (χ4v) is 4.24. The zero-order valence-electron chi connectivity index (χ0n) is 17.3. The number of allylic oxidation sites excluding steroid dienone is 1. The number of alkyl halides is 2. The number of amides is 1. The van der Waals surface area contributed by atoms with Crippen molar-refractivity contribution in [3.8, 4) is 0 Å². The maximum Gasteiger partial charge on any atom is 0.264 e. The van der Waals surface area contributed by atoms with Crippen molar-refractivity contribution in [1.29, 1.82) is 0 Å². The molecule has 1 amide bonds. The van der Waals surface area contributed by atoms with E-state index in [0.29, 0.717) is 36.3 Å². The van der Waals surface area contributed by atoms with Crippen LogP contribution >= 0.6 is 0 Å². The Labute approximate surface area is 179 Å². The van der Waals surface area contributed by atoms with Crippen molar-refractivity contribution in [2.45, 2.75) is 25.7 Å². The summed E-state index contributed by atoms with van der Waals surface area (Å²) in [6, 6.07) is 9.03. The molecule has 2 aromatic carbocycles. The van der Waals surface area contributed by atoms with Gasteiger partial charge in [0.1, 0.15) is 0 Å². The lowest BCUT2D eigenvalue weighted by Crippen LogP contribution is -2.26. The van der Waals surface area contributed by atoms with Crippen LogP contribution in [0, 0.1) is 0 Å². The molecule has 0 aromatic heterocycles. The molecule has 2 heterocycles. The van der Waals surface area contributed by atoms with Crippen LogP contribution in [0.4, 0.5) is 31.5 Å². The number of aryl methyl sites for hydroxylation is 1. The first-order valence-electron chi connectivity index (χ1n) is 10.3. The summed E-state index contributed by atoms with van der Waals surface area (Å²) in [4.78, 5) is 18.0. The van der Waals surface area contributed by atoms with E-state index >= 15 is 0 Å². The summed E-state index contributed by atoms with van der Waals surface area (Å²) in [7, 11) is 1.58. The molecule has 2 aliphatic rings. The Morgan fingerprint density at radius 2 is 2.10 bits per heavy atom. The maximum absolute atomic E-state index is 14.0. The number of benzene rings is 2. The summed E-state index contributed by atoms with van der Waals surface area (Å²) in [5, 5.41) is 6.25. The number of hydrogen-bond acceptors (Lipinski definition) is 5. The first-order valence-corrected chi connectivity index (χ1v) is 10.3. The van der Waals surface area contributed by atoms with Gasteiger partial charge in [-0.1, -0.05) is 6.07 Å². The highest BCUT2D eigenvalue weighted by Crippen LogP contribution is 2.44. The van der Waals surface area contributed by atoms with Crippen molar-refractivity contribution in [2.75, 3.05) is 35.7 Å². The van der Waals surface area contributed by atoms with E-state index < -0.39 is 6.43 Å². The second kappa shape index (κ2) is 8.75. The monoisotopic (exact) mass is 425 g/mol. The highest BCUT2D eigenvalue weighted by atomic mass is 19.3. The Morgan fingerprint density at radius 1 is 1.26 bits per heavy atom. The van der Waals surface area contributed by atoms with Gasteiger partial charge in [-0.25, -0.2) is 8.78 Å². The van der Waals surface area contributed by atoms with Gasteiger partial charge < -0.3 is 21.3 Å². The zero-order chi connectivity index (χ0) is 22.0. The average Bonchev–Trinajstić information content (AvgIpc) is 2.96. The second-order valence-electron chi connectivity index (χ2n) is 7.56. The van der Waals surface area contributed by atoms with Crippen molar-refractivity contribution in [3.63, 3.8) is 0 Å². The van der Waals surface area contributed by atoms with Crippen molar-refractivity contribution < 1.29 is 13.6 Å². The number of fused-ring (bicyclic) bond motifs is 2. The van der Waals surface area contributed by atoms with Gasteiger partial charge >= 0.3 is 0 Å². The molecule has 2 aliphatic heterocycles. The second-order valence-corrected chi connectivity index (χ2v) is 7.56. The van der Waals surface area contributed by atoms with Crippen LogP contribution in [0.25, 0.3) is 5.57 Å². The molecule has 31 heavy (non-hydrogen) atoms. The van der Waals surface area contributed by atoms with Gasteiger partial charge in [-0.05, 0) is 48.2 Å². The van der Waals surface area contributed by atoms with Crippen LogP contribution in [0.2, 0.25) is 0 Å². The van der Waals surface area contributed by atoms with Gasteiger partial charge in [-0.2, -0.15) is 0 Å². The smallest absolute Gasteiger partial charge is 0.264 e. The van der Waals surface area contributed by atoms with E-state index in [1.54, 1.807) is 19.2 Å². The van der Waals surface area contributed by atoms with Crippen LogP contribution < -0.4 is 21.3 Å². The summed E-state index contributed by atoms with van der Waals surface area (Å²) in [6.45, 7) is 1.20. The van der Waals surface area contributed by atoms with Crippen molar-refractivity contribution in [1.82, 2.24) is 0 Å². The third kappa shape index (κ3) is 3.97. The summed E-state index contributed by atoms with van der Waals surface area (Å²) in [5.74, 6) is -0.0502. The molecule has 0 unspecified atom stereocenters. The number of nitrogens with one attached hydrogen (secondary N) is 2. The minimum absolute atomic E-state index is 0.0502. The topological polar surface area (TPSA) is 82.8 Å². The molecule has 4 rings (SSSR count). The summed E-state index contributed by atoms with van der Waals surface area (Å²) in [5.41, 5.74) is 10.6. The molecule has 4 N–H and O–H groups in total. The fraction of sp³-hybridized carbons (Fsp3) is 0.304. The summed E-state index contributed by atoms with van der Waals surface area (Å²) in [6.07, 6.45) is 2.18. The molecule has 0 fully saturated rings. The number of halogens is 2. The Kier molecular flexibility index (Phi) is 5.88. The van der Waals surface area contributed by atoms with E-state index in [2.05, 4.69) is 20.5 Å². The predicted octanol–water partition coefficient (Wildman–Crippen LogP) is 4.46. The number of nitrogens with zero attached hydrogens (tertiary/aromatic N) is 2. The van der Waals surface area contributed by atoms with Crippen LogP contribution in [0.3, 0.4) is 0 Å².